The van der Waals surface area contributed by atoms with Gasteiger partial charge in [-0.1, -0.05) is 66.7 Å². The third-order valence-corrected chi connectivity index (χ3v) is 7.64. The van der Waals surface area contributed by atoms with E-state index < -0.39 is 0 Å². The van der Waals surface area contributed by atoms with Crippen LogP contribution in [0.2, 0.25) is 0 Å². The Bertz CT molecular complexity index is 2270. The van der Waals surface area contributed by atoms with Crippen LogP contribution in [0, 0.1) is 11.3 Å². The molecule has 0 atom stereocenters. The van der Waals surface area contributed by atoms with Gasteiger partial charge in [-0.3, -0.25) is 0 Å². The Balaban J connectivity index is 1.38. The van der Waals surface area contributed by atoms with Gasteiger partial charge >= 0.3 is 0 Å². The lowest BCUT2D eigenvalue weighted by Gasteiger charge is -2.09. The van der Waals surface area contributed by atoms with E-state index in [1.165, 1.54) is 21.8 Å². The predicted molar refractivity (Wildman–Crippen MR) is 161 cm³/mol. The minimum Gasteiger partial charge on any atom is -0.309 e. The SMILES string of the molecule is N#Cc1ncc2c(n1)c1cc(-c3ccc4c(c3)c3ccccc3n4-c3ccccc3)ccc1n2-c1ccccc1. The van der Waals surface area contributed by atoms with Crippen LogP contribution in [0.25, 0.3) is 66.2 Å². The third kappa shape index (κ3) is 3.27. The maximum Gasteiger partial charge on any atom is 0.232 e. The summed E-state index contributed by atoms with van der Waals surface area (Å²) in [6.07, 6.45) is 1.75. The van der Waals surface area contributed by atoms with Crippen molar-refractivity contribution >= 4 is 43.7 Å². The van der Waals surface area contributed by atoms with Gasteiger partial charge in [-0.05, 0) is 65.7 Å². The molecule has 0 aliphatic rings. The molecule has 3 aromatic heterocycles. The molecule has 0 saturated carbocycles. The van der Waals surface area contributed by atoms with Crippen molar-refractivity contribution in [3.63, 3.8) is 0 Å². The molecular weight excluding hydrogens is 490 g/mol. The lowest BCUT2D eigenvalue weighted by molar-refractivity contribution is 1.12. The molecule has 0 spiro atoms. The van der Waals surface area contributed by atoms with Crippen LogP contribution in [-0.2, 0) is 0 Å². The highest BCUT2D eigenvalue weighted by Gasteiger charge is 2.17. The fourth-order valence-electron chi connectivity index (χ4n) is 5.88. The summed E-state index contributed by atoms with van der Waals surface area (Å²) in [5, 5.41) is 12.9. The molecule has 8 aromatic rings. The number of nitriles is 1. The van der Waals surface area contributed by atoms with Gasteiger partial charge in [-0.25, -0.2) is 9.97 Å². The Morgan fingerprint density at radius 3 is 1.75 bits per heavy atom. The molecule has 0 unspecified atom stereocenters. The molecule has 0 aliphatic heterocycles. The van der Waals surface area contributed by atoms with E-state index in [0.29, 0.717) is 0 Å². The third-order valence-electron chi connectivity index (χ3n) is 7.64. The molecule has 3 heterocycles. The first-order valence-electron chi connectivity index (χ1n) is 13.2. The maximum absolute atomic E-state index is 9.51. The largest absolute Gasteiger partial charge is 0.309 e. The maximum atomic E-state index is 9.51. The number of benzene rings is 5. The summed E-state index contributed by atoms with van der Waals surface area (Å²) in [5.74, 6) is 0.167. The van der Waals surface area contributed by atoms with Gasteiger partial charge in [0.25, 0.3) is 0 Å². The smallest absolute Gasteiger partial charge is 0.232 e. The number of rotatable bonds is 3. The molecule has 40 heavy (non-hydrogen) atoms. The second-order valence-corrected chi connectivity index (χ2v) is 9.86. The monoisotopic (exact) mass is 511 g/mol. The van der Waals surface area contributed by atoms with E-state index in [-0.39, 0.29) is 5.82 Å². The summed E-state index contributed by atoms with van der Waals surface area (Å²) in [5.41, 5.74) is 9.41. The predicted octanol–water partition coefficient (Wildman–Crippen LogP) is 8.21. The highest BCUT2D eigenvalue weighted by molar-refractivity contribution is 6.11. The van der Waals surface area contributed by atoms with Gasteiger partial charge in [0, 0.05) is 27.5 Å². The van der Waals surface area contributed by atoms with Crippen molar-refractivity contribution in [2.45, 2.75) is 0 Å². The zero-order chi connectivity index (χ0) is 26.6. The minimum absolute atomic E-state index is 0.167. The highest BCUT2D eigenvalue weighted by atomic mass is 15.0. The van der Waals surface area contributed by atoms with Crippen molar-refractivity contribution < 1.29 is 0 Å². The Morgan fingerprint density at radius 2 is 1.07 bits per heavy atom. The van der Waals surface area contributed by atoms with Crippen LogP contribution in [-0.4, -0.2) is 19.1 Å². The van der Waals surface area contributed by atoms with E-state index in [0.717, 1.165) is 44.4 Å². The lowest BCUT2D eigenvalue weighted by Crippen LogP contribution is -1.95. The summed E-state index contributed by atoms with van der Waals surface area (Å²) in [7, 11) is 0. The number of para-hydroxylation sites is 3. The number of aromatic nitrogens is 4. The molecule has 0 aliphatic carbocycles. The summed E-state index contributed by atoms with van der Waals surface area (Å²) < 4.78 is 4.48. The molecule has 8 rings (SSSR count). The van der Waals surface area contributed by atoms with Gasteiger partial charge in [-0.2, -0.15) is 5.26 Å². The molecule has 0 bridgehead atoms. The fraction of sp³-hybridized carbons (Fsp3) is 0. The minimum atomic E-state index is 0.167. The number of hydrogen-bond donors (Lipinski definition) is 0. The van der Waals surface area contributed by atoms with Crippen molar-refractivity contribution in [3.05, 3.63) is 133 Å². The first-order chi connectivity index (χ1) is 19.8. The zero-order valence-corrected chi connectivity index (χ0v) is 21.4. The van der Waals surface area contributed by atoms with Crippen molar-refractivity contribution in [3.8, 4) is 28.6 Å². The molecule has 0 saturated heterocycles. The van der Waals surface area contributed by atoms with Crippen LogP contribution in [0.5, 0.6) is 0 Å². The fourth-order valence-corrected chi connectivity index (χ4v) is 5.88. The van der Waals surface area contributed by atoms with Gasteiger partial charge < -0.3 is 9.13 Å². The van der Waals surface area contributed by atoms with Gasteiger partial charge in [0.05, 0.1) is 28.3 Å². The Hall–Kier alpha value is -5.73. The Morgan fingerprint density at radius 1 is 0.525 bits per heavy atom. The van der Waals surface area contributed by atoms with Gasteiger partial charge in [0.1, 0.15) is 11.6 Å². The van der Waals surface area contributed by atoms with Crippen molar-refractivity contribution in [1.29, 1.82) is 5.26 Å². The average Bonchev–Trinajstić information content (AvgIpc) is 3.53. The van der Waals surface area contributed by atoms with E-state index in [2.05, 4.69) is 122 Å². The highest BCUT2D eigenvalue weighted by Crippen LogP contribution is 2.37. The second-order valence-electron chi connectivity index (χ2n) is 9.86. The number of hydrogen-bond acceptors (Lipinski definition) is 3. The van der Waals surface area contributed by atoms with E-state index in [1.54, 1.807) is 6.20 Å². The van der Waals surface area contributed by atoms with Crippen molar-refractivity contribution in [2.24, 2.45) is 0 Å². The molecule has 0 fully saturated rings. The summed E-state index contributed by atoms with van der Waals surface area (Å²) in [6.45, 7) is 0. The summed E-state index contributed by atoms with van der Waals surface area (Å²) >= 11 is 0. The molecule has 0 radical (unpaired) electrons. The average molecular weight is 512 g/mol. The van der Waals surface area contributed by atoms with Crippen LogP contribution in [0.3, 0.4) is 0 Å². The standard InChI is InChI=1S/C35H21N5/c36-21-34-37-22-33-35(38-34)29-20-24(16-18-32(29)40(33)26-11-5-2-6-12-26)23-15-17-31-28(19-23)27-13-7-8-14-30(27)39(31)25-9-3-1-4-10-25/h1-20,22H. The summed E-state index contributed by atoms with van der Waals surface area (Å²) in [4.78, 5) is 8.92. The van der Waals surface area contributed by atoms with Crippen LogP contribution >= 0.6 is 0 Å². The van der Waals surface area contributed by atoms with E-state index in [9.17, 15) is 5.26 Å². The lowest BCUT2D eigenvalue weighted by atomic mass is 10.0. The van der Waals surface area contributed by atoms with Crippen LogP contribution < -0.4 is 0 Å². The number of nitrogens with zero attached hydrogens (tertiary/aromatic N) is 5. The van der Waals surface area contributed by atoms with E-state index in [4.69, 9.17) is 0 Å². The molecule has 0 N–H and O–H groups in total. The topological polar surface area (TPSA) is 59.4 Å². The normalized spacial score (nSPS) is 11.5. The Kier molecular flexibility index (Phi) is 4.82. The molecule has 5 nitrogen and oxygen atoms in total. The molecule has 0 amide bonds. The molecular formula is C35H21N5. The molecule has 5 heteroatoms. The van der Waals surface area contributed by atoms with Gasteiger partial charge in [0.2, 0.25) is 5.82 Å². The molecule has 5 aromatic carbocycles. The zero-order valence-electron chi connectivity index (χ0n) is 21.4. The summed E-state index contributed by atoms with van der Waals surface area (Å²) in [6, 6.07) is 44.5. The van der Waals surface area contributed by atoms with E-state index >= 15 is 0 Å². The number of fused-ring (bicyclic) bond motifs is 6. The Labute approximate surface area is 229 Å². The van der Waals surface area contributed by atoms with E-state index in [1.807, 2.05) is 24.3 Å². The van der Waals surface area contributed by atoms with Crippen LogP contribution in [0.15, 0.2) is 128 Å². The van der Waals surface area contributed by atoms with Gasteiger partial charge in [0.15, 0.2) is 0 Å². The first kappa shape index (κ1) is 22.3. The molecule has 186 valence electrons. The van der Waals surface area contributed by atoms with Crippen molar-refractivity contribution in [2.75, 3.05) is 0 Å². The quantitative estimate of drug-likeness (QED) is 0.240. The van der Waals surface area contributed by atoms with Gasteiger partial charge in [-0.15, -0.1) is 0 Å². The van der Waals surface area contributed by atoms with Crippen LogP contribution in [0.4, 0.5) is 0 Å². The first-order valence-corrected chi connectivity index (χ1v) is 13.2. The second kappa shape index (κ2) is 8.65. The van der Waals surface area contributed by atoms with Crippen molar-refractivity contribution in [1.82, 2.24) is 19.1 Å². The van der Waals surface area contributed by atoms with Crippen LogP contribution in [0.1, 0.15) is 5.82 Å².